The van der Waals surface area contributed by atoms with Crippen LogP contribution in [0.15, 0.2) is 18.2 Å². The Kier molecular flexibility index (Phi) is 2.60. The smallest absolute Gasteiger partial charge is 0.189 e. The quantitative estimate of drug-likeness (QED) is 0.582. The third-order valence-corrected chi connectivity index (χ3v) is 0.955. The second kappa shape index (κ2) is 3.76. The molecule has 0 spiro atoms. The fraction of sp³-hybridized carbons (Fsp3) is 0.250. The molecule has 0 N–H and O–H groups in total. The van der Waals surface area contributed by atoms with Crippen molar-refractivity contribution in [2.75, 3.05) is 13.9 Å². The first-order valence-electron chi connectivity index (χ1n) is 2.93. The van der Waals surface area contributed by atoms with Crippen LogP contribution in [0, 0.1) is 12.1 Å². The molecule has 0 atom stereocenters. The number of hydrogen-bond acceptors (Lipinski definition) is 2. The standard InChI is InChI=1S/C8H8O2/c1-9-7-10-8-5-3-2-4-6-8/h2-3,5H,7H2,1H3. The van der Waals surface area contributed by atoms with E-state index in [0.717, 1.165) is 0 Å². The first-order chi connectivity index (χ1) is 4.93. The van der Waals surface area contributed by atoms with E-state index >= 15 is 0 Å². The van der Waals surface area contributed by atoms with Gasteiger partial charge in [0, 0.05) is 7.11 Å². The number of ether oxygens (including phenoxy) is 2. The summed E-state index contributed by atoms with van der Waals surface area (Å²) >= 11 is 0. The molecule has 0 saturated heterocycles. The van der Waals surface area contributed by atoms with Crippen molar-refractivity contribution in [3.05, 3.63) is 30.3 Å². The van der Waals surface area contributed by atoms with Crippen molar-refractivity contribution in [2.24, 2.45) is 0 Å². The highest BCUT2D eigenvalue weighted by Gasteiger charge is 1.85. The van der Waals surface area contributed by atoms with E-state index in [1.807, 2.05) is 6.07 Å². The van der Waals surface area contributed by atoms with E-state index < -0.39 is 0 Å². The predicted octanol–water partition coefficient (Wildman–Crippen LogP) is 1.27. The molecule has 0 fully saturated rings. The van der Waals surface area contributed by atoms with Crippen molar-refractivity contribution in [1.82, 2.24) is 0 Å². The zero-order valence-corrected chi connectivity index (χ0v) is 5.76. The lowest BCUT2D eigenvalue weighted by atomic mass is 10.4. The van der Waals surface area contributed by atoms with Crippen molar-refractivity contribution in [2.45, 2.75) is 0 Å². The highest BCUT2D eigenvalue weighted by atomic mass is 16.7. The topological polar surface area (TPSA) is 18.5 Å². The van der Waals surface area contributed by atoms with E-state index in [-0.39, 0.29) is 6.79 Å². The van der Waals surface area contributed by atoms with Crippen LogP contribution in [0.25, 0.3) is 0 Å². The summed E-state index contributed by atoms with van der Waals surface area (Å²) in [5, 5.41) is 0. The van der Waals surface area contributed by atoms with Gasteiger partial charge in [-0.05, 0) is 24.3 Å². The van der Waals surface area contributed by atoms with Gasteiger partial charge in [-0.2, -0.15) is 0 Å². The van der Waals surface area contributed by atoms with E-state index in [4.69, 9.17) is 4.74 Å². The maximum atomic E-state index is 5.05. The van der Waals surface area contributed by atoms with Crippen LogP contribution in [-0.4, -0.2) is 13.9 Å². The van der Waals surface area contributed by atoms with Gasteiger partial charge in [0.05, 0.1) is 0 Å². The third-order valence-electron chi connectivity index (χ3n) is 0.955. The molecule has 0 aliphatic rings. The maximum absolute atomic E-state index is 5.05. The van der Waals surface area contributed by atoms with E-state index in [0.29, 0.717) is 5.75 Å². The molecular weight excluding hydrogens is 128 g/mol. The maximum Gasteiger partial charge on any atom is 0.189 e. The number of methoxy groups -OCH3 is 1. The Morgan fingerprint density at radius 2 is 2.50 bits per heavy atom. The summed E-state index contributed by atoms with van der Waals surface area (Å²) in [4.78, 5) is 0. The van der Waals surface area contributed by atoms with Gasteiger partial charge < -0.3 is 9.47 Å². The second-order valence-electron chi connectivity index (χ2n) is 1.71. The summed E-state index contributed by atoms with van der Waals surface area (Å²) in [6, 6.07) is 10.9. The Morgan fingerprint density at radius 3 is 3.10 bits per heavy atom. The van der Waals surface area contributed by atoms with Crippen molar-refractivity contribution in [3.8, 4) is 5.75 Å². The third kappa shape index (κ3) is 1.96. The lowest BCUT2D eigenvalue weighted by Crippen LogP contribution is -1.97. The average molecular weight is 136 g/mol. The van der Waals surface area contributed by atoms with Crippen molar-refractivity contribution in [3.63, 3.8) is 0 Å². The lowest BCUT2D eigenvalue weighted by Gasteiger charge is -1.99. The van der Waals surface area contributed by atoms with Gasteiger partial charge in [0.25, 0.3) is 0 Å². The predicted molar refractivity (Wildman–Crippen MR) is 36.6 cm³/mol. The molecule has 2 nitrogen and oxygen atoms in total. The SMILES string of the molecule is COCOc1c#cccc1. The first kappa shape index (κ1) is 6.91. The summed E-state index contributed by atoms with van der Waals surface area (Å²) in [6.07, 6.45) is 0. The molecule has 0 unspecified atom stereocenters. The van der Waals surface area contributed by atoms with Crippen molar-refractivity contribution >= 4 is 0 Å². The molecule has 0 amide bonds. The van der Waals surface area contributed by atoms with Crippen LogP contribution in [0.4, 0.5) is 0 Å². The normalized spacial score (nSPS) is 8.50. The van der Waals surface area contributed by atoms with Gasteiger partial charge >= 0.3 is 0 Å². The summed E-state index contributed by atoms with van der Waals surface area (Å²) in [5.74, 6) is 0.657. The van der Waals surface area contributed by atoms with Crippen LogP contribution < -0.4 is 4.74 Å². The average Bonchev–Trinajstić information content (AvgIpc) is 2.03. The summed E-state index contributed by atoms with van der Waals surface area (Å²) < 4.78 is 9.74. The Balaban J connectivity index is 2.43. The Bertz CT molecular complexity index is 172. The van der Waals surface area contributed by atoms with Gasteiger partial charge in [-0.1, -0.05) is 6.07 Å². The molecule has 52 valence electrons. The van der Waals surface area contributed by atoms with Crippen molar-refractivity contribution in [1.29, 1.82) is 0 Å². The Morgan fingerprint density at radius 1 is 1.60 bits per heavy atom. The zero-order chi connectivity index (χ0) is 7.23. The van der Waals surface area contributed by atoms with Crippen LogP contribution in [-0.2, 0) is 4.74 Å². The van der Waals surface area contributed by atoms with E-state index in [1.165, 1.54) is 0 Å². The molecule has 0 radical (unpaired) electrons. The van der Waals surface area contributed by atoms with Gasteiger partial charge in [-0.3, -0.25) is 0 Å². The molecular formula is C8H8O2. The van der Waals surface area contributed by atoms with Gasteiger partial charge in [-0.15, -0.1) is 0 Å². The molecule has 1 rings (SSSR count). The Hall–Kier alpha value is -1.20. The molecule has 0 saturated carbocycles. The molecule has 0 heterocycles. The van der Waals surface area contributed by atoms with Crippen molar-refractivity contribution < 1.29 is 9.47 Å². The summed E-state index contributed by atoms with van der Waals surface area (Å²) in [5.41, 5.74) is 0. The first-order valence-corrected chi connectivity index (χ1v) is 2.93. The largest absolute Gasteiger partial charge is 0.459 e. The molecule has 10 heavy (non-hydrogen) atoms. The van der Waals surface area contributed by atoms with Gasteiger partial charge in [-0.25, -0.2) is 0 Å². The molecule has 1 aromatic carbocycles. The van der Waals surface area contributed by atoms with Gasteiger partial charge in [0.15, 0.2) is 12.5 Å². The fourth-order valence-electron chi connectivity index (χ4n) is 0.545. The highest BCUT2D eigenvalue weighted by molar-refractivity contribution is 5.13. The highest BCUT2D eigenvalue weighted by Crippen LogP contribution is 2.02. The van der Waals surface area contributed by atoms with E-state index in [9.17, 15) is 0 Å². The minimum Gasteiger partial charge on any atom is -0.459 e. The lowest BCUT2D eigenvalue weighted by molar-refractivity contribution is 0.0511. The van der Waals surface area contributed by atoms with Crippen LogP contribution in [0.5, 0.6) is 5.75 Å². The van der Waals surface area contributed by atoms with E-state index in [1.54, 1.807) is 19.2 Å². The van der Waals surface area contributed by atoms with Crippen LogP contribution in [0.1, 0.15) is 0 Å². The monoisotopic (exact) mass is 136 g/mol. The molecule has 1 aromatic rings. The molecule has 2 heteroatoms. The molecule has 0 aliphatic heterocycles. The summed E-state index contributed by atoms with van der Waals surface area (Å²) in [7, 11) is 1.58. The van der Waals surface area contributed by atoms with E-state index in [2.05, 4.69) is 16.9 Å². The minimum atomic E-state index is 0.258. The fourth-order valence-corrected chi connectivity index (χ4v) is 0.545. The Labute approximate surface area is 60.4 Å². The number of rotatable bonds is 3. The summed E-state index contributed by atoms with van der Waals surface area (Å²) in [6.45, 7) is 0.258. The molecule has 0 bridgehead atoms. The second-order valence-corrected chi connectivity index (χ2v) is 1.71. The molecule has 0 aromatic heterocycles. The van der Waals surface area contributed by atoms with Gasteiger partial charge in [0.1, 0.15) is 0 Å². The number of hydrogen-bond donors (Lipinski definition) is 0. The zero-order valence-electron chi connectivity index (χ0n) is 5.76. The van der Waals surface area contributed by atoms with Crippen LogP contribution in [0.2, 0.25) is 0 Å². The van der Waals surface area contributed by atoms with Crippen LogP contribution >= 0.6 is 0 Å². The van der Waals surface area contributed by atoms with Gasteiger partial charge in [0.2, 0.25) is 0 Å². The molecule has 0 aliphatic carbocycles. The minimum absolute atomic E-state index is 0.258. The van der Waals surface area contributed by atoms with Crippen LogP contribution in [0.3, 0.4) is 0 Å².